The second kappa shape index (κ2) is 5.31. The van der Waals surface area contributed by atoms with Crippen LogP contribution in [0, 0.1) is 0 Å². The lowest BCUT2D eigenvalue weighted by Gasteiger charge is -1.98. The monoisotopic (exact) mass is 261 g/mol. The van der Waals surface area contributed by atoms with Crippen LogP contribution in [-0.4, -0.2) is 32.2 Å². The van der Waals surface area contributed by atoms with Gasteiger partial charge in [0.15, 0.2) is 9.84 Å². The molecule has 0 N–H and O–H groups in total. The number of aromatic nitrogens is 1. The predicted octanol–water partition coefficient (Wildman–Crippen LogP) is 0.958. The second-order valence-corrected chi connectivity index (χ2v) is 5.67. The predicted molar refractivity (Wildman–Crippen MR) is 60.4 cm³/mol. The van der Waals surface area contributed by atoms with Crippen LogP contribution >= 0.6 is 0 Å². The minimum absolute atomic E-state index is 0.00648. The van der Waals surface area contributed by atoms with Crippen LogP contribution in [0.25, 0.3) is 0 Å². The van der Waals surface area contributed by atoms with E-state index in [9.17, 15) is 13.2 Å². The minimum atomic E-state index is -3.24. The van der Waals surface area contributed by atoms with Crippen molar-refractivity contribution in [3.05, 3.63) is 17.3 Å². The molecule has 0 saturated heterocycles. The summed E-state index contributed by atoms with van der Waals surface area (Å²) < 4.78 is 32.1. The first-order valence-electron chi connectivity index (χ1n) is 5.20. The van der Waals surface area contributed by atoms with Gasteiger partial charge in [0.05, 0.1) is 12.3 Å². The first kappa shape index (κ1) is 13.7. The molecule has 1 heterocycles. The zero-order valence-corrected chi connectivity index (χ0v) is 10.8. The highest BCUT2D eigenvalue weighted by Gasteiger charge is 2.21. The van der Waals surface area contributed by atoms with Gasteiger partial charge < -0.3 is 9.15 Å². The van der Waals surface area contributed by atoms with E-state index in [1.807, 2.05) is 0 Å². The van der Waals surface area contributed by atoms with Crippen molar-refractivity contribution in [2.75, 3.05) is 12.9 Å². The molecule has 0 aliphatic rings. The van der Waals surface area contributed by atoms with Gasteiger partial charge in [-0.15, -0.1) is 0 Å². The van der Waals surface area contributed by atoms with Crippen molar-refractivity contribution in [3.63, 3.8) is 0 Å². The molecule has 0 unspecified atom stereocenters. The number of nitrogens with zero attached hydrogens (tertiary/aromatic N) is 1. The molecule has 0 saturated carbocycles. The third kappa shape index (κ3) is 3.85. The molecule has 17 heavy (non-hydrogen) atoms. The first-order chi connectivity index (χ1) is 7.87. The van der Waals surface area contributed by atoms with E-state index in [4.69, 9.17) is 9.15 Å². The average molecular weight is 261 g/mol. The average Bonchev–Trinajstić information content (AvgIpc) is 2.58. The van der Waals surface area contributed by atoms with Crippen molar-refractivity contribution in [3.8, 4) is 0 Å². The fraction of sp³-hybridized carbons (Fsp3) is 0.600. The maximum absolute atomic E-state index is 11.5. The van der Waals surface area contributed by atoms with E-state index < -0.39 is 15.8 Å². The number of oxazole rings is 1. The lowest BCUT2D eigenvalue weighted by Crippen LogP contribution is -2.05. The van der Waals surface area contributed by atoms with Crippen molar-refractivity contribution in [2.45, 2.75) is 26.0 Å². The Morgan fingerprint density at radius 1 is 1.41 bits per heavy atom. The van der Waals surface area contributed by atoms with Crippen LogP contribution in [0.15, 0.2) is 4.42 Å². The summed E-state index contributed by atoms with van der Waals surface area (Å²) in [6.07, 6.45) is 1.55. The molecule has 0 aliphatic carbocycles. The number of hydrogen-bond donors (Lipinski definition) is 0. The van der Waals surface area contributed by atoms with Crippen LogP contribution in [0.1, 0.15) is 36.0 Å². The summed E-state index contributed by atoms with van der Waals surface area (Å²) in [6.45, 7) is 3.70. The molecule has 0 aromatic carbocycles. The summed E-state index contributed by atoms with van der Waals surface area (Å²) in [4.78, 5) is 15.5. The number of sulfone groups is 1. The molecule has 6 nitrogen and oxygen atoms in total. The molecule has 1 aromatic rings. The van der Waals surface area contributed by atoms with E-state index in [-0.39, 0.29) is 24.0 Å². The van der Waals surface area contributed by atoms with E-state index in [0.717, 1.165) is 6.26 Å². The van der Waals surface area contributed by atoms with Crippen molar-refractivity contribution in [1.29, 1.82) is 0 Å². The molecule has 7 heteroatoms. The van der Waals surface area contributed by atoms with Gasteiger partial charge in [-0.1, -0.05) is 6.92 Å². The molecule has 0 amide bonds. The Bertz CT molecular complexity index is 503. The topological polar surface area (TPSA) is 86.5 Å². The number of rotatable bonds is 5. The summed E-state index contributed by atoms with van der Waals surface area (Å²) in [5.41, 5.74) is 0.419. The van der Waals surface area contributed by atoms with Gasteiger partial charge in [0.25, 0.3) is 0 Å². The number of esters is 1. The highest BCUT2D eigenvalue weighted by molar-refractivity contribution is 7.89. The molecule has 0 atom stereocenters. The van der Waals surface area contributed by atoms with Gasteiger partial charge in [-0.2, -0.15) is 0 Å². The molecule has 1 aromatic heterocycles. The standard InChI is InChI=1S/C10H15NO5S/c1-4-7-9(10(12)15-5-2)16-8(11-7)6-17(3,13)14/h4-6H2,1-3H3. The van der Waals surface area contributed by atoms with Crippen molar-refractivity contribution in [1.82, 2.24) is 4.98 Å². The van der Waals surface area contributed by atoms with Gasteiger partial charge in [0.2, 0.25) is 11.7 Å². The highest BCUT2D eigenvalue weighted by atomic mass is 32.2. The fourth-order valence-electron chi connectivity index (χ4n) is 1.28. The van der Waals surface area contributed by atoms with Gasteiger partial charge in [0.1, 0.15) is 5.75 Å². The zero-order chi connectivity index (χ0) is 13.1. The van der Waals surface area contributed by atoms with Crippen molar-refractivity contribution < 1.29 is 22.4 Å². The van der Waals surface area contributed by atoms with E-state index in [2.05, 4.69) is 4.98 Å². The van der Waals surface area contributed by atoms with Gasteiger partial charge >= 0.3 is 5.97 Å². The number of carbonyl (C=O) groups is 1. The Hall–Kier alpha value is -1.37. The Balaban J connectivity index is 3.02. The Morgan fingerprint density at radius 2 is 2.06 bits per heavy atom. The van der Waals surface area contributed by atoms with Gasteiger partial charge in [0, 0.05) is 6.26 Å². The van der Waals surface area contributed by atoms with Crippen LogP contribution in [0.4, 0.5) is 0 Å². The Morgan fingerprint density at radius 3 is 2.53 bits per heavy atom. The summed E-state index contributed by atoms with van der Waals surface area (Å²) in [5, 5.41) is 0. The maximum atomic E-state index is 11.5. The normalized spacial score (nSPS) is 11.5. The van der Waals surface area contributed by atoms with Crippen LogP contribution < -0.4 is 0 Å². The van der Waals surface area contributed by atoms with Crippen LogP contribution in [-0.2, 0) is 26.7 Å². The van der Waals surface area contributed by atoms with E-state index in [1.165, 1.54) is 0 Å². The minimum Gasteiger partial charge on any atom is -0.460 e. The summed E-state index contributed by atoms with van der Waals surface area (Å²) >= 11 is 0. The summed E-state index contributed by atoms with van der Waals surface area (Å²) in [5.74, 6) is -0.920. The third-order valence-electron chi connectivity index (χ3n) is 1.92. The van der Waals surface area contributed by atoms with Crippen LogP contribution in [0.5, 0.6) is 0 Å². The van der Waals surface area contributed by atoms with E-state index in [1.54, 1.807) is 13.8 Å². The largest absolute Gasteiger partial charge is 0.460 e. The molecule has 1 rings (SSSR count). The quantitative estimate of drug-likeness (QED) is 0.734. The number of carbonyl (C=O) groups excluding carboxylic acids is 1. The second-order valence-electron chi connectivity index (χ2n) is 3.53. The number of ether oxygens (including phenoxy) is 1. The van der Waals surface area contributed by atoms with Crippen molar-refractivity contribution in [2.24, 2.45) is 0 Å². The molecule has 0 spiro atoms. The third-order valence-corrected chi connectivity index (χ3v) is 2.69. The SMILES string of the molecule is CCOC(=O)c1oc(CS(C)(=O)=O)nc1CC. The molecular formula is C10H15NO5S. The summed E-state index contributed by atoms with van der Waals surface area (Å²) in [6, 6.07) is 0. The molecule has 0 aliphatic heterocycles. The molecular weight excluding hydrogens is 246 g/mol. The molecule has 0 bridgehead atoms. The van der Waals surface area contributed by atoms with Gasteiger partial charge in [-0.05, 0) is 13.3 Å². The Labute approximate surface area is 99.9 Å². The number of aryl methyl sites for hydroxylation is 1. The zero-order valence-electron chi connectivity index (χ0n) is 10.0. The first-order valence-corrected chi connectivity index (χ1v) is 7.26. The lowest BCUT2D eigenvalue weighted by atomic mass is 10.3. The van der Waals surface area contributed by atoms with Crippen LogP contribution in [0.3, 0.4) is 0 Å². The molecule has 96 valence electrons. The number of hydrogen-bond acceptors (Lipinski definition) is 6. The smallest absolute Gasteiger partial charge is 0.376 e. The van der Waals surface area contributed by atoms with E-state index >= 15 is 0 Å². The van der Waals surface area contributed by atoms with E-state index in [0.29, 0.717) is 12.1 Å². The lowest BCUT2D eigenvalue weighted by molar-refractivity contribution is 0.0486. The Kier molecular flexibility index (Phi) is 4.28. The maximum Gasteiger partial charge on any atom is 0.376 e. The van der Waals surface area contributed by atoms with Gasteiger partial charge in [-0.3, -0.25) is 0 Å². The van der Waals surface area contributed by atoms with Crippen LogP contribution in [0.2, 0.25) is 0 Å². The highest BCUT2D eigenvalue weighted by Crippen LogP contribution is 2.15. The molecule has 0 radical (unpaired) electrons. The summed E-state index contributed by atoms with van der Waals surface area (Å²) in [7, 11) is -3.24. The molecule has 0 fully saturated rings. The fourth-order valence-corrected chi connectivity index (χ4v) is 1.85. The van der Waals surface area contributed by atoms with Crippen molar-refractivity contribution >= 4 is 15.8 Å². The van der Waals surface area contributed by atoms with Gasteiger partial charge in [-0.25, -0.2) is 18.2 Å².